The second-order valence-corrected chi connectivity index (χ2v) is 13.7. The third-order valence-electron chi connectivity index (χ3n) is 11.7. The van der Waals surface area contributed by atoms with Gasteiger partial charge in [0, 0.05) is 45.8 Å². The number of phenolic OH excluding ortho intramolecular Hbond substituents is 1. The van der Waals surface area contributed by atoms with Crippen molar-refractivity contribution in [3.8, 4) is 5.75 Å². The van der Waals surface area contributed by atoms with Crippen LogP contribution >= 0.6 is 0 Å². The number of aromatic hydroxyl groups is 1. The molecule has 214 valence electrons. The third-order valence-corrected chi connectivity index (χ3v) is 11.7. The Morgan fingerprint density at radius 1 is 0.951 bits per heavy atom. The van der Waals surface area contributed by atoms with Gasteiger partial charge in [-0.15, -0.1) is 6.58 Å². The molecule has 2 aromatic heterocycles. The van der Waals surface area contributed by atoms with E-state index in [0.717, 1.165) is 44.3 Å². The van der Waals surface area contributed by atoms with Crippen LogP contribution in [0.3, 0.4) is 0 Å². The maximum absolute atomic E-state index is 11.0. The first kappa shape index (κ1) is 25.7. The molecule has 1 saturated heterocycles. The van der Waals surface area contributed by atoms with Crippen LogP contribution in [-0.4, -0.2) is 52.1 Å². The van der Waals surface area contributed by atoms with Gasteiger partial charge in [-0.2, -0.15) is 0 Å². The van der Waals surface area contributed by atoms with Crippen molar-refractivity contribution in [1.29, 1.82) is 0 Å². The van der Waals surface area contributed by atoms with E-state index in [-0.39, 0.29) is 0 Å². The highest BCUT2D eigenvalue weighted by molar-refractivity contribution is 5.90. The highest BCUT2D eigenvalue weighted by atomic mass is 16.3. The summed E-state index contributed by atoms with van der Waals surface area (Å²) in [4.78, 5) is 12.7. The van der Waals surface area contributed by atoms with Crippen molar-refractivity contribution in [3.63, 3.8) is 0 Å². The molecule has 41 heavy (non-hydrogen) atoms. The molecular formula is C36H44N4O. The van der Waals surface area contributed by atoms with Crippen LogP contribution in [0.4, 0.5) is 0 Å². The second-order valence-electron chi connectivity index (χ2n) is 13.7. The molecule has 6 atom stereocenters. The van der Waals surface area contributed by atoms with Crippen LogP contribution in [0.2, 0.25) is 0 Å². The minimum Gasteiger partial charge on any atom is -0.508 e. The lowest BCUT2D eigenvalue weighted by molar-refractivity contribution is 0.0912. The number of hydrogen-bond donors (Lipinski definition) is 3. The number of likely N-dealkylation sites (N-methyl/N-ethyl adjacent to an activating group) is 1. The predicted molar refractivity (Wildman–Crippen MR) is 167 cm³/mol. The van der Waals surface area contributed by atoms with Crippen LogP contribution in [-0.2, 0) is 19.3 Å². The van der Waals surface area contributed by atoms with Crippen LogP contribution in [0.25, 0.3) is 21.8 Å². The summed E-state index contributed by atoms with van der Waals surface area (Å²) in [6.45, 7) is 6.59. The van der Waals surface area contributed by atoms with Crippen LogP contribution in [0.1, 0.15) is 72.3 Å². The van der Waals surface area contributed by atoms with Crippen LogP contribution in [0.5, 0.6) is 5.75 Å². The standard InChI is InChI=1S/C36H44N4O/c1-4-21-16-22-18-28-26-11-12-33(41)34(31-10-7-14-39(31)2)36(26)38-30(28)19-23(22)17-24(21)20-32-35-27(13-15-40(32)3)25-8-5-6-9-29(25)37-35/h4-6,8-9,11-12,21-24,31-32,37-38,41H,1,7,10,13-20H2,2-3H3/t21-,22-,23-,24+,31+,32+/m0/s1. The Labute approximate surface area is 243 Å². The largest absolute Gasteiger partial charge is 0.508 e. The Morgan fingerprint density at radius 3 is 2.63 bits per heavy atom. The van der Waals surface area contributed by atoms with Gasteiger partial charge in [0.2, 0.25) is 0 Å². The SMILES string of the molecule is C=C[C@H]1C[C@H]2Cc3c([nH]c4c([C@H]5CCCN5C)c(O)ccc34)C[C@@H]2C[C@@H]1C[C@@H]1c2[nH]c3ccccc3c2CCN1C. The quantitative estimate of drug-likeness (QED) is 0.235. The number of nitrogens with zero attached hydrogens (tertiary/aromatic N) is 2. The molecule has 5 heteroatoms. The molecule has 2 aliphatic heterocycles. The van der Waals surface area contributed by atoms with E-state index in [2.05, 4.69) is 76.8 Å². The van der Waals surface area contributed by atoms with Crippen molar-refractivity contribution >= 4 is 21.8 Å². The van der Waals surface area contributed by atoms with E-state index in [1.807, 2.05) is 6.07 Å². The summed E-state index contributed by atoms with van der Waals surface area (Å²) in [6, 6.07) is 13.7. The molecule has 1 saturated carbocycles. The number of aromatic amines is 2. The highest BCUT2D eigenvalue weighted by Gasteiger charge is 2.42. The Balaban J connectivity index is 1.09. The van der Waals surface area contributed by atoms with E-state index < -0.39 is 0 Å². The van der Waals surface area contributed by atoms with Crippen LogP contribution in [0, 0.1) is 23.7 Å². The lowest BCUT2D eigenvalue weighted by Gasteiger charge is -2.45. The normalized spacial score (nSPS) is 30.4. The molecule has 8 rings (SSSR count). The molecule has 0 spiro atoms. The van der Waals surface area contributed by atoms with Crippen molar-refractivity contribution in [2.75, 3.05) is 27.2 Å². The smallest absolute Gasteiger partial charge is 0.122 e. The van der Waals surface area contributed by atoms with E-state index in [0.29, 0.717) is 41.5 Å². The summed E-state index contributed by atoms with van der Waals surface area (Å²) in [7, 11) is 4.52. The number of aromatic nitrogens is 2. The number of nitrogens with one attached hydrogen (secondary N) is 2. The average molecular weight is 549 g/mol. The fraction of sp³-hybridized carbons (Fsp3) is 0.500. The molecule has 0 unspecified atom stereocenters. The molecule has 0 radical (unpaired) electrons. The minimum atomic E-state index is 0.303. The maximum Gasteiger partial charge on any atom is 0.122 e. The zero-order valence-corrected chi connectivity index (χ0v) is 24.6. The van der Waals surface area contributed by atoms with Crippen LogP contribution in [0.15, 0.2) is 49.1 Å². The number of likely N-dealkylation sites (tertiary alicyclic amines) is 1. The fourth-order valence-corrected chi connectivity index (χ4v) is 9.50. The molecule has 0 bridgehead atoms. The van der Waals surface area contributed by atoms with Gasteiger partial charge in [0.05, 0.1) is 11.6 Å². The van der Waals surface area contributed by atoms with Gasteiger partial charge in [-0.1, -0.05) is 24.3 Å². The molecular weight excluding hydrogens is 504 g/mol. The predicted octanol–water partition coefficient (Wildman–Crippen LogP) is 7.28. The van der Waals surface area contributed by atoms with Crippen molar-refractivity contribution in [3.05, 3.63) is 77.1 Å². The average Bonchev–Trinajstić information content (AvgIpc) is 3.67. The molecule has 0 amide bonds. The van der Waals surface area contributed by atoms with Crippen molar-refractivity contribution in [2.45, 2.75) is 63.5 Å². The molecule has 3 N–H and O–H groups in total. The number of allylic oxidation sites excluding steroid dienone is 1. The van der Waals surface area contributed by atoms with Gasteiger partial charge in [-0.05, 0) is 125 Å². The van der Waals surface area contributed by atoms with Gasteiger partial charge in [0.15, 0.2) is 0 Å². The summed E-state index contributed by atoms with van der Waals surface area (Å²) < 4.78 is 0. The molecule has 4 heterocycles. The van der Waals surface area contributed by atoms with Crippen molar-refractivity contribution in [1.82, 2.24) is 19.8 Å². The van der Waals surface area contributed by atoms with E-state index in [9.17, 15) is 5.11 Å². The number of para-hydroxylation sites is 1. The zero-order valence-electron chi connectivity index (χ0n) is 24.6. The van der Waals surface area contributed by atoms with Gasteiger partial charge in [0.1, 0.15) is 5.75 Å². The number of phenols is 1. The maximum atomic E-state index is 11.0. The van der Waals surface area contributed by atoms with Crippen LogP contribution < -0.4 is 0 Å². The van der Waals surface area contributed by atoms with E-state index >= 15 is 0 Å². The first-order valence-corrected chi connectivity index (χ1v) is 16.0. The van der Waals surface area contributed by atoms with Gasteiger partial charge in [-0.3, -0.25) is 9.80 Å². The number of fused-ring (bicyclic) bond motifs is 7. The van der Waals surface area contributed by atoms with Gasteiger partial charge in [0.25, 0.3) is 0 Å². The summed E-state index contributed by atoms with van der Waals surface area (Å²) in [5, 5.41) is 13.7. The fourth-order valence-electron chi connectivity index (χ4n) is 9.50. The topological polar surface area (TPSA) is 58.3 Å². The second kappa shape index (κ2) is 9.78. The summed E-state index contributed by atoms with van der Waals surface area (Å²) in [5.41, 5.74) is 9.54. The van der Waals surface area contributed by atoms with E-state index in [1.165, 1.54) is 64.4 Å². The van der Waals surface area contributed by atoms with Crippen molar-refractivity contribution in [2.24, 2.45) is 23.7 Å². The number of rotatable bonds is 4. The summed E-state index contributed by atoms with van der Waals surface area (Å²) >= 11 is 0. The Morgan fingerprint density at radius 2 is 1.80 bits per heavy atom. The first-order valence-electron chi connectivity index (χ1n) is 16.0. The number of H-pyrrole nitrogens is 2. The Bertz CT molecular complexity index is 1630. The minimum absolute atomic E-state index is 0.303. The number of hydrogen-bond acceptors (Lipinski definition) is 3. The first-order chi connectivity index (χ1) is 20.0. The van der Waals surface area contributed by atoms with Gasteiger partial charge in [-0.25, -0.2) is 0 Å². The molecule has 2 aliphatic carbocycles. The van der Waals surface area contributed by atoms with Gasteiger partial charge >= 0.3 is 0 Å². The molecule has 5 nitrogen and oxygen atoms in total. The Hall–Kier alpha value is -3.02. The lowest BCUT2D eigenvalue weighted by Crippen LogP contribution is -2.39. The van der Waals surface area contributed by atoms with E-state index in [1.54, 1.807) is 5.56 Å². The van der Waals surface area contributed by atoms with Gasteiger partial charge < -0.3 is 15.1 Å². The highest BCUT2D eigenvalue weighted by Crippen LogP contribution is 2.51. The molecule has 2 aromatic carbocycles. The molecule has 4 aromatic rings. The monoisotopic (exact) mass is 548 g/mol. The lowest BCUT2D eigenvalue weighted by atomic mass is 9.61. The van der Waals surface area contributed by atoms with Crippen molar-refractivity contribution < 1.29 is 5.11 Å². The zero-order chi connectivity index (χ0) is 27.8. The third kappa shape index (κ3) is 4.03. The Kier molecular flexibility index (Phi) is 6.12. The van der Waals surface area contributed by atoms with E-state index in [4.69, 9.17) is 0 Å². The molecule has 2 fully saturated rings. The summed E-state index contributed by atoms with van der Waals surface area (Å²) in [5.74, 6) is 3.08. The summed E-state index contributed by atoms with van der Waals surface area (Å²) in [6.07, 6.45) is 11.7. The number of benzene rings is 2. The molecule has 4 aliphatic rings.